The van der Waals surface area contributed by atoms with Crippen molar-refractivity contribution in [2.24, 2.45) is 0 Å². The van der Waals surface area contributed by atoms with Crippen molar-refractivity contribution in [3.63, 3.8) is 0 Å². The molecule has 21 heavy (non-hydrogen) atoms. The molecule has 2 aromatic heterocycles. The summed E-state index contributed by atoms with van der Waals surface area (Å²) in [5, 5.41) is 18.7. The minimum atomic E-state index is -0.0909. The van der Waals surface area contributed by atoms with E-state index in [-0.39, 0.29) is 6.61 Å². The van der Waals surface area contributed by atoms with Gasteiger partial charge in [-0.3, -0.25) is 0 Å². The minimum absolute atomic E-state index is 0.0909. The van der Waals surface area contributed by atoms with E-state index in [1.165, 1.54) is 0 Å². The lowest BCUT2D eigenvalue weighted by Gasteiger charge is -2.09. The van der Waals surface area contributed by atoms with Crippen LogP contribution in [0.2, 0.25) is 0 Å². The van der Waals surface area contributed by atoms with Crippen LogP contribution < -0.4 is 0 Å². The van der Waals surface area contributed by atoms with E-state index in [9.17, 15) is 5.11 Å². The van der Waals surface area contributed by atoms with Gasteiger partial charge in [0.15, 0.2) is 5.82 Å². The fraction of sp³-hybridized carbons (Fsp3) is 0.267. The number of rotatable bonds is 3. The summed E-state index contributed by atoms with van der Waals surface area (Å²) in [6.07, 6.45) is 0. The zero-order valence-corrected chi connectivity index (χ0v) is 12.3. The van der Waals surface area contributed by atoms with E-state index in [0.717, 1.165) is 28.6 Å². The molecule has 3 rings (SSSR count). The molecule has 0 aliphatic heterocycles. The van der Waals surface area contributed by atoms with Gasteiger partial charge in [-0.05, 0) is 32.9 Å². The summed E-state index contributed by atoms with van der Waals surface area (Å²) in [7, 11) is 0. The van der Waals surface area contributed by atoms with Crippen LogP contribution in [0.4, 0.5) is 0 Å². The molecule has 3 aromatic rings. The Morgan fingerprint density at radius 3 is 2.29 bits per heavy atom. The Morgan fingerprint density at radius 1 is 1.00 bits per heavy atom. The first kappa shape index (κ1) is 13.5. The van der Waals surface area contributed by atoms with Gasteiger partial charge in [0, 0.05) is 5.56 Å². The van der Waals surface area contributed by atoms with Gasteiger partial charge in [-0.15, -0.1) is 5.10 Å². The van der Waals surface area contributed by atoms with Crippen LogP contribution in [0.5, 0.6) is 0 Å². The Bertz CT molecular complexity index is 773. The predicted octanol–water partition coefficient (Wildman–Crippen LogP) is 1.87. The number of aliphatic hydroxyl groups excluding tert-OH is 1. The molecule has 0 amide bonds. The van der Waals surface area contributed by atoms with Gasteiger partial charge in [-0.1, -0.05) is 18.2 Å². The van der Waals surface area contributed by atoms with Gasteiger partial charge in [0.25, 0.3) is 0 Å². The number of nitrogens with zero attached hydrogens (tertiary/aromatic N) is 5. The third-order valence-electron chi connectivity index (χ3n) is 3.39. The third kappa shape index (κ3) is 2.23. The number of para-hydroxylation sites is 1. The average Bonchev–Trinajstić information content (AvgIpc) is 2.98. The van der Waals surface area contributed by atoms with Crippen molar-refractivity contribution in [2.45, 2.75) is 27.4 Å². The first-order valence-electron chi connectivity index (χ1n) is 6.77. The van der Waals surface area contributed by atoms with Crippen LogP contribution >= 0.6 is 0 Å². The molecule has 0 saturated carbocycles. The maximum Gasteiger partial charge on any atom is 0.165 e. The highest BCUT2D eigenvalue weighted by Crippen LogP contribution is 2.23. The molecule has 0 radical (unpaired) electrons. The molecule has 1 aromatic carbocycles. The standard InChI is InChI=1S/C15H17N5O/c1-10-14(9-21)15(19-12(3)16-11(2)18-19)20(17-10)13-7-5-4-6-8-13/h4-8,21H,9H2,1-3H3. The number of benzene rings is 1. The average molecular weight is 283 g/mol. The Kier molecular flexibility index (Phi) is 3.31. The first-order valence-corrected chi connectivity index (χ1v) is 6.77. The Labute approximate surface area is 122 Å². The summed E-state index contributed by atoms with van der Waals surface area (Å²) in [5.74, 6) is 2.19. The molecule has 0 unspecified atom stereocenters. The molecule has 0 aliphatic carbocycles. The van der Waals surface area contributed by atoms with Crippen molar-refractivity contribution < 1.29 is 5.11 Å². The monoisotopic (exact) mass is 283 g/mol. The van der Waals surface area contributed by atoms with Crippen molar-refractivity contribution in [1.82, 2.24) is 24.5 Å². The molecular weight excluding hydrogens is 266 g/mol. The molecule has 108 valence electrons. The quantitative estimate of drug-likeness (QED) is 0.796. The molecule has 2 heterocycles. The van der Waals surface area contributed by atoms with Crippen molar-refractivity contribution in [1.29, 1.82) is 0 Å². The van der Waals surface area contributed by atoms with Gasteiger partial charge in [0.05, 0.1) is 18.0 Å². The normalized spacial score (nSPS) is 11.0. The first-order chi connectivity index (χ1) is 10.1. The van der Waals surface area contributed by atoms with Crippen LogP contribution in [-0.2, 0) is 6.61 Å². The zero-order chi connectivity index (χ0) is 15.0. The fourth-order valence-corrected chi connectivity index (χ4v) is 2.42. The van der Waals surface area contributed by atoms with Crippen LogP contribution in [0, 0.1) is 20.8 Å². The molecule has 0 atom stereocenters. The largest absolute Gasteiger partial charge is 0.391 e. The van der Waals surface area contributed by atoms with Gasteiger partial charge >= 0.3 is 0 Å². The highest BCUT2D eigenvalue weighted by atomic mass is 16.3. The fourth-order valence-electron chi connectivity index (χ4n) is 2.42. The van der Waals surface area contributed by atoms with Crippen LogP contribution in [-0.4, -0.2) is 29.7 Å². The van der Waals surface area contributed by atoms with E-state index in [4.69, 9.17) is 0 Å². The second-order valence-corrected chi connectivity index (χ2v) is 4.91. The van der Waals surface area contributed by atoms with E-state index in [0.29, 0.717) is 5.82 Å². The SMILES string of the molecule is Cc1nc(C)n(-c2c(CO)c(C)nn2-c2ccccc2)n1. The Morgan fingerprint density at radius 2 is 1.71 bits per heavy atom. The molecule has 6 nitrogen and oxygen atoms in total. The lowest BCUT2D eigenvalue weighted by molar-refractivity contribution is 0.280. The lowest BCUT2D eigenvalue weighted by atomic mass is 10.2. The third-order valence-corrected chi connectivity index (χ3v) is 3.39. The molecule has 0 saturated heterocycles. The van der Waals surface area contributed by atoms with Gasteiger partial charge in [-0.25, -0.2) is 9.67 Å². The topological polar surface area (TPSA) is 68.8 Å². The number of aromatic nitrogens is 5. The summed E-state index contributed by atoms with van der Waals surface area (Å²) in [4.78, 5) is 4.34. The zero-order valence-electron chi connectivity index (χ0n) is 12.3. The molecule has 0 aliphatic rings. The summed E-state index contributed by atoms with van der Waals surface area (Å²) >= 11 is 0. The van der Waals surface area contributed by atoms with E-state index in [1.54, 1.807) is 9.36 Å². The highest BCUT2D eigenvalue weighted by molar-refractivity contribution is 5.45. The Hall–Kier alpha value is -2.47. The molecule has 0 fully saturated rings. The molecule has 0 spiro atoms. The molecule has 1 N–H and O–H groups in total. The van der Waals surface area contributed by atoms with Gasteiger partial charge in [0.1, 0.15) is 11.6 Å². The van der Waals surface area contributed by atoms with E-state index in [1.807, 2.05) is 51.1 Å². The van der Waals surface area contributed by atoms with Gasteiger partial charge in [0.2, 0.25) is 0 Å². The molecular formula is C15H17N5O. The van der Waals surface area contributed by atoms with Crippen LogP contribution in [0.3, 0.4) is 0 Å². The summed E-state index contributed by atoms with van der Waals surface area (Å²) in [6.45, 7) is 5.52. The van der Waals surface area contributed by atoms with Gasteiger partial charge in [-0.2, -0.15) is 9.78 Å². The number of hydrogen-bond donors (Lipinski definition) is 1. The van der Waals surface area contributed by atoms with Crippen LogP contribution in [0.1, 0.15) is 22.9 Å². The molecule has 6 heteroatoms. The predicted molar refractivity (Wildman–Crippen MR) is 78.6 cm³/mol. The van der Waals surface area contributed by atoms with Crippen LogP contribution in [0.25, 0.3) is 11.5 Å². The smallest absolute Gasteiger partial charge is 0.165 e. The second kappa shape index (κ2) is 5.14. The summed E-state index contributed by atoms with van der Waals surface area (Å²) in [5.41, 5.74) is 2.46. The van der Waals surface area contributed by atoms with Crippen molar-refractivity contribution in [3.8, 4) is 11.5 Å². The van der Waals surface area contributed by atoms with Crippen molar-refractivity contribution in [2.75, 3.05) is 0 Å². The minimum Gasteiger partial charge on any atom is -0.391 e. The van der Waals surface area contributed by atoms with E-state index < -0.39 is 0 Å². The highest BCUT2D eigenvalue weighted by Gasteiger charge is 2.20. The number of aliphatic hydroxyl groups is 1. The van der Waals surface area contributed by atoms with E-state index in [2.05, 4.69) is 15.2 Å². The second-order valence-electron chi connectivity index (χ2n) is 4.91. The maximum absolute atomic E-state index is 9.70. The summed E-state index contributed by atoms with van der Waals surface area (Å²) in [6, 6.07) is 9.80. The maximum atomic E-state index is 9.70. The molecule has 0 bridgehead atoms. The Balaban J connectivity index is 2.30. The van der Waals surface area contributed by atoms with E-state index >= 15 is 0 Å². The number of hydrogen-bond acceptors (Lipinski definition) is 4. The van der Waals surface area contributed by atoms with Crippen molar-refractivity contribution in [3.05, 3.63) is 53.2 Å². The lowest BCUT2D eigenvalue weighted by Crippen LogP contribution is -2.10. The van der Waals surface area contributed by atoms with Crippen molar-refractivity contribution >= 4 is 0 Å². The van der Waals surface area contributed by atoms with Crippen LogP contribution in [0.15, 0.2) is 30.3 Å². The summed E-state index contributed by atoms with van der Waals surface area (Å²) < 4.78 is 3.52. The van der Waals surface area contributed by atoms with Gasteiger partial charge < -0.3 is 5.11 Å². The number of aryl methyl sites for hydroxylation is 3.